The molecule has 0 bridgehead atoms. The Hall–Kier alpha value is -1.51. The standard InChI is InChI=1S/C12H16N2O/c1-4-12(3)11(15)13-9-7-5-6-8(2)10(9)14-12/h5-7,14H,4H2,1-3H3,(H,13,15). The summed E-state index contributed by atoms with van der Waals surface area (Å²) < 4.78 is 0. The van der Waals surface area contributed by atoms with Crippen molar-refractivity contribution in [1.29, 1.82) is 0 Å². The average Bonchev–Trinajstić information content (AvgIpc) is 2.22. The molecule has 1 aromatic rings. The molecule has 80 valence electrons. The van der Waals surface area contributed by atoms with E-state index < -0.39 is 5.54 Å². The Morgan fingerprint density at radius 3 is 2.80 bits per heavy atom. The molecule has 2 rings (SSSR count). The molecule has 3 heteroatoms. The van der Waals surface area contributed by atoms with Gasteiger partial charge in [-0.3, -0.25) is 4.79 Å². The Bertz CT molecular complexity index is 414. The van der Waals surface area contributed by atoms with Gasteiger partial charge in [0.25, 0.3) is 0 Å². The molecule has 3 nitrogen and oxygen atoms in total. The molecule has 1 aromatic carbocycles. The number of hydrogen-bond acceptors (Lipinski definition) is 2. The van der Waals surface area contributed by atoms with Crippen LogP contribution in [0, 0.1) is 6.92 Å². The number of para-hydroxylation sites is 1. The molecule has 0 saturated carbocycles. The van der Waals surface area contributed by atoms with Gasteiger partial charge in [-0.25, -0.2) is 0 Å². The van der Waals surface area contributed by atoms with Gasteiger partial charge in [0.1, 0.15) is 5.54 Å². The maximum Gasteiger partial charge on any atom is 0.249 e. The number of aryl methyl sites for hydroxylation is 1. The summed E-state index contributed by atoms with van der Waals surface area (Å²) in [6, 6.07) is 5.91. The lowest BCUT2D eigenvalue weighted by atomic mass is 9.93. The topological polar surface area (TPSA) is 41.1 Å². The van der Waals surface area contributed by atoms with Gasteiger partial charge in [-0.1, -0.05) is 19.1 Å². The Morgan fingerprint density at radius 2 is 2.13 bits per heavy atom. The van der Waals surface area contributed by atoms with Gasteiger partial charge < -0.3 is 10.6 Å². The van der Waals surface area contributed by atoms with Gasteiger partial charge in [-0.15, -0.1) is 0 Å². The number of carbonyl (C=O) groups is 1. The Kier molecular flexibility index (Phi) is 2.18. The Morgan fingerprint density at radius 1 is 1.40 bits per heavy atom. The van der Waals surface area contributed by atoms with Gasteiger partial charge in [0.2, 0.25) is 5.91 Å². The maximum absolute atomic E-state index is 11.8. The average molecular weight is 204 g/mol. The first kappa shape index (κ1) is 10.0. The number of anilines is 2. The van der Waals surface area contributed by atoms with Crippen molar-refractivity contribution < 1.29 is 4.79 Å². The SMILES string of the molecule is CCC1(C)Nc2c(C)cccc2NC1=O. The second-order valence-electron chi connectivity index (χ2n) is 4.26. The molecular formula is C12H16N2O. The zero-order valence-corrected chi connectivity index (χ0v) is 9.35. The monoisotopic (exact) mass is 204 g/mol. The lowest BCUT2D eigenvalue weighted by Gasteiger charge is -2.35. The van der Waals surface area contributed by atoms with E-state index in [1.807, 2.05) is 39.0 Å². The molecule has 0 aliphatic carbocycles. The highest BCUT2D eigenvalue weighted by Crippen LogP contribution is 2.34. The lowest BCUT2D eigenvalue weighted by molar-refractivity contribution is -0.120. The van der Waals surface area contributed by atoms with E-state index in [0.717, 1.165) is 23.4 Å². The largest absolute Gasteiger partial charge is 0.370 e. The van der Waals surface area contributed by atoms with Crippen LogP contribution in [0.5, 0.6) is 0 Å². The minimum absolute atomic E-state index is 0.0445. The Balaban J connectivity index is 2.48. The normalized spacial score (nSPS) is 24.1. The number of fused-ring (bicyclic) bond motifs is 1. The molecule has 1 unspecified atom stereocenters. The van der Waals surface area contributed by atoms with Crippen LogP contribution < -0.4 is 10.6 Å². The summed E-state index contributed by atoms with van der Waals surface area (Å²) in [5, 5.41) is 6.27. The molecule has 2 N–H and O–H groups in total. The highest BCUT2D eigenvalue weighted by Gasteiger charge is 2.36. The smallest absolute Gasteiger partial charge is 0.249 e. The first-order valence-electron chi connectivity index (χ1n) is 5.26. The number of carbonyl (C=O) groups excluding carboxylic acids is 1. The van der Waals surface area contributed by atoms with Crippen molar-refractivity contribution in [2.24, 2.45) is 0 Å². The van der Waals surface area contributed by atoms with Crippen LogP contribution in [0.25, 0.3) is 0 Å². The summed E-state index contributed by atoms with van der Waals surface area (Å²) in [6.45, 7) is 5.98. The highest BCUT2D eigenvalue weighted by atomic mass is 16.2. The van der Waals surface area contributed by atoms with Crippen molar-refractivity contribution in [2.45, 2.75) is 32.7 Å². The van der Waals surface area contributed by atoms with Crippen LogP contribution in [-0.2, 0) is 4.79 Å². The van der Waals surface area contributed by atoms with Crippen LogP contribution in [0.3, 0.4) is 0 Å². The van der Waals surface area contributed by atoms with E-state index in [4.69, 9.17) is 0 Å². The van der Waals surface area contributed by atoms with Gasteiger partial charge in [-0.05, 0) is 31.9 Å². The zero-order chi connectivity index (χ0) is 11.1. The predicted octanol–water partition coefficient (Wildman–Crippen LogP) is 2.53. The number of benzene rings is 1. The van der Waals surface area contributed by atoms with E-state index in [-0.39, 0.29) is 5.91 Å². The third-order valence-electron chi connectivity index (χ3n) is 3.13. The van der Waals surface area contributed by atoms with Crippen molar-refractivity contribution in [1.82, 2.24) is 0 Å². The molecule has 0 saturated heterocycles. The van der Waals surface area contributed by atoms with Crippen LogP contribution >= 0.6 is 0 Å². The van der Waals surface area contributed by atoms with Crippen molar-refractivity contribution in [3.63, 3.8) is 0 Å². The molecule has 0 fully saturated rings. The van der Waals surface area contributed by atoms with Crippen molar-refractivity contribution in [3.05, 3.63) is 23.8 Å². The van der Waals surface area contributed by atoms with Crippen LogP contribution in [0.15, 0.2) is 18.2 Å². The van der Waals surface area contributed by atoms with Gasteiger partial charge in [0.15, 0.2) is 0 Å². The molecule has 0 radical (unpaired) electrons. The van der Waals surface area contributed by atoms with E-state index in [2.05, 4.69) is 10.6 Å². The summed E-state index contributed by atoms with van der Waals surface area (Å²) >= 11 is 0. The lowest BCUT2D eigenvalue weighted by Crippen LogP contribution is -2.49. The fourth-order valence-electron chi connectivity index (χ4n) is 1.78. The van der Waals surface area contributed by atoms with Crippen LogP contribution in [-0.4, -0.2) is 11.4 Å². The number of hydrogen-bond donors (Lipinski definition) is 2. The predicted molar refractivity (Wildman–Crippen MR) is 62.1 cm³/mol. The van der Waals surface area contributed by atoms with Crippen molar-refractivity contribution in [3.8, 4) is 0 Å². The molecule has 15 heavy (non-hydrogen) atoms. The molecule has 1 atom stereocenters. The molecule has 1 amide bonds. The van der Waals surface area contributed by atoms with Crippen LogP contribution in [0.4, 0.5) is 11.4 Å². The first-order valence-corrected chi connectivity index (χ1v) is 5.26. The third kappa shape index (κ3) is 1.48. The van der Waals surface area contributed by atoms with Crippen LogP contribution in [0.1, 0.15) is 25.8 Å². The first-order chi connectivity index (χ1) is 7.07. The van der Waals surface area contributed by atoms with E-state index in [1.165, 1.54) is 0 Å². The molecule has 0 aromatic heterocycles. The van der Waals surface area contributed by atoms with E-state index in [9.17, 15) is 4.79 Å². The quantitative estimate of drug-likeness (QED) is 0.738. The zero-order valence-electron chi connectivity index (χ0n) is 9.35. The summed E-state index contributed by atoms with van der Waals surface area (Å²) in [5.41, 5.74) is 2.60. The number of amides is 1. The maximum atomic E-state index is 11.8. The van der Waals surface area contributed by atoms with E-state index in [0.29, 0.717) is 0 Å². The van der Waals surface area contributed by atoms with E-state index >= 15 is 0 Å². The minimum Gasteiger partial charge on any atom is -0.370 e. The van der Waals surface area contributed by atoms with Gasteiger partial charge in [0.05, 0.1) is 11.4 Å². The summed E-state index contributed by atoms with van der Waals surface area (Å²) in [6.07, 6.45) is 0.770. The summed E-state index contributed by atoms with van der Waals surface area (Å²) in [7, 11) is 0. The molecule has 1 aliphatic heterocycles. The minimum atomic E-state index is -0.487. The fourth-order valence-corrected chi connectivity index (χ4v) is 1.78. The number of nitrogens with one attached hydrogen (secondary N) is 2. The number of rotatable bonds is 1. The van der Waals surface area contributed by atoms with Gasteiger partial charge in [0, 0.05) is 0 Å². The molecular weight excluding hydrogens is 188 g/mol. The second kappa shape index (κ2) is 3.26. The fraction of sp³-hybridized carbons (Fsp3) is 0.417. The van der Waals surface area contributed by atoms with E-state index in [1.54, 1.807) is 0 Å². The van der Waals surface area contributed by atoms with Crippen molar-refractivity contribution in [2.75, 3.05) is 10.6 Å². The van der Waals surface area contributed by atoms with Crippen LogP contribution in [0.2, 0.25) is 0 Å². The highest BCUT2D eigenvalue weighted by molar-refractivity contribution is 6.06. The molecule has 1 heterocycles. The Labute approximate surface area is 89.9 Å². The third-order valence-corrected chi connectivity index (χ3v) is 3.13. The second-order valence-corrected chi connectivity index (χ2v) is 4.26. The molecule has 0 spiro atoms. The molecule has 1 aliphatic rings. The van der Waals surface area contributed by atoms with Gasteiger partial charge >= 0.3 is 0 Å². The van der Waals surface area contributed by atoms with Gasteiger partial charge in [-0.2, -0.15) is 0 Å². The summed E-state index contributed by atoms with van der Waals surface area (Å²) in [5.74, 6) is 0.0445. The summed E-state index contributed by atoms with van der Waals surface area (Å²) in [4.78, 5) is 11.8. The van der Waals surface area contributed by atoms with Crippen molar-refractivity contribution >= 4 is 17.3 Å².